The normalized spacial score (nSPS) is 10.6. The van der Waals surface area contributed by atoms with Crippen LogP contribution in [-0.4, -0.2) is 5.78 Å². The summed E-state index contributed by atoms with van der Waals surface area (Å²) in [5.41, 5.74) is 4.11. The van der Waals surface area contributed by atoms with Gasteiger partial charge >= 0.3 is 0 Å². The highest BCUT2D eigenvalue weighted by Gasteiger charge is 2.06. The van der Waals surface area contributed by atoms with E-state index in [1.165, 1.54) is 0 Å². The maximum Gasteiger partial charge on any atom is 0.185 e. The van der Waals surface area contributed by atoms with Gasteiger partial charge in [0.15, 0.2) is 5.78 Å². The molecule has 3 aromatic rings. The lowest BCUT2D eigenvalue weighted by Gasteiger charge is -2.10. The molecule has 0 aliphatic heterocycles. The summed E-state index contributed by atoms with van der Waals surface area (Å²) in [6, 6.07) is 22.6. The van der Waals surface area contributed by atoms with Gasteiger partial charge in [0.2, 0.25) is 0 Å². The summed E-state index contributed by atoms with van der Waals surface area (Å²) in [6.45, 7) is 2.30. The standard InChI is InChI=1S/C24H18BrNO2/c1-17-6-10-19(11-7-17)23(27)12-8-18-9-13-24(22(25)14-18)28-16-21-5-3-2-4-20(21)15-26/h2-14H,16H2,1H3/b12-8+. The highest BCUT2D eigenvalue weighted by Crippen LogP contribution is 2.27. The molecule has 0 aromatic heterocycles. The van der Waals surface area contributed by atoms with Crippen molar-refractivity contribution in [1.82, 2.24) is 0 Å². The van der Waals surface area contributed by atoms with E-state index in [0.29, 0.717) is 23.5 Å². The summed E-state index contributed by atoms with van der Waals surface area (Å²) in [7, 11) is 0. The van der Waals surface area contributed by atoms with Gasteiger partial charge in [0.25, 0.3) is 0 Å². The van der Waals surface area contributed by atoms with Crippen molar-refractivity contribution in [3.05, 3.63) is 105 Å². The predicted molar refractivity (Wildman–Crippen MR) is 114 cm³/mol. The Morgan fingerprint density at radius 2 is 1.86 bits per heavy atom. The van der Waals surface area contributed by atoms with Gasteiger partial charge in [-0.05, 0) is 52.7 Å². The first-order valence-corrected chi connectivity index (χ1v) is 9.55. The molecule has 3 aromatic carbocycles. The Bertz CT molecular complexity index is 1060. The van der Waals surface area contributed by atoms with E-state index < -0.39 is 0 Å². The summed E-state index contributed by atoms with van der Waals surface area (Å²) in [4.78, 5) is 12.3. The molecular weight excluding hydrogens is 414 g/mol. The zero-order valence-electron chi connectivity index (χ0n) is 15.4. The van der Waals surface area contributed by atoms with Crippen LogP contribution in [0, 0.1) is 18.3 Å². The fourth-order valence-corrected chi connectivity index (χ4v) is 3.15. The number of halogens is 1. The topological polar surface area (TPSA) is 50.1 Å². The van der Waals surface area contributed by atoms with Gasteiger partial charge in [-0.1, -0.05) is 60.2 Å². The highest BCUT2D eigenvalue weighted by molar-refractivity contribution is 9.10. The lowest BCUT2D eigenvalue weighted by Crippen LogP contribution is -1.98. The fraction of sp³-hybridized carbons (Fsp3) is 0.0833. The number of ketones is 1. The SMILES string of the molecule is Cc1ccc(C(=O)/C=C/c2ccc(OCc3ccccc3C#N)c(Br)c2)cc1. The molecule has 0 heterocycles. The quantitative estimate of drug-likeness (QED) is 0.349. The predicted octanol–water partition coefficient (Wildman–Crippen LogP) is 6.10. The van der Waals surface area contributed by atoms with Crippen LogP contribution in [-0.2, 0) is 6.61 Å². The molecule has 0 aliphatic rings. The Morgan fingerprint density at radius 1 is 1.11 bits per heavy atom. The van der Waals surface area contributed by atoms with E-state index in [4.69, 9.17) is 10.00 Å². The van der Waals surface area contributed by atoms with Crippen LogP contribution in [0.5, 0.6) is 5.75 Å². The number of nitrogens with zero attached hydrogens (tertiary/aromatic N) is 1. The van der Waals surface area contributed by atoms with E-state index >= 15 is 0 Å². The number of ether oxygens (including phenoxy) is 1. The van der Waals surface area contributed by atoms with Crippen molar-refractivity contribution >= 4 is 27.8 Å². The average Bonchev–Trinajstić information content (AvgIpc) is 2.72. The van der Waals surface area contributed by atoms with E-state index in [2.05, 4.69) is 22.0 Å². The molecule has 0 radical (unpaired) electrons. The Morgan fingerprint density at radius 3 is 2.57 bits per heavy atom. The molecule has 3 rings (SSSR count). The van der Waals surface area contributed by atoms with E-state index in [9.17, 15) is 4.79 Å². The van der Waals surface area contributed by atoms with Crippen LogP contribution in [0.3, 0.4) is 0 Å². The Hall–Kier alpha value is -3.16. The second-order valence-corrected chi connectivity index (χ2v) is 7.17. The molecule has 28 heavy (non-hydrogen) atoms. The molecule has 0 atom stereocenters. The first-order chi connectivity index (χ1) is 13.6. The first kappa shape index (κ1) is 19.6. The molecule has 0 amide bonds. The number of benzene rings is 3. The largest absolute Gasteiger partial charge is 0.488 e. The summed E-state index contributed by atoms with van der Waals surface area (Å²) in [5.74, 6) is 0.638. The van der Waals surface area contributed by atoms with Gasteiger partial charge in [-0.2, -0.15) is 5.26 Å². The molecule has 138 valence electrons. The van der Waals surface area contributed by atoms with Crippen molar-refractivity contribution in [3.63, 3.8) is 0 Å². The molecule has 3 nitrogen and oxygen atoms in total. The Labute approximate surface area is 173 Å². The third-order valence-electron chi connectivity index (χ3n) is 4.24. The van der Waals surface area contributed by atoms with Gasteiger partial charge in [0, 0.05) is 11.1 Å². The van der Waals surface area contributed by atoms with E-state index in [-0.39, 0.29) is 5.78 Å². The molecule has 0 saturated heterocycles. The number of hydrogen-bond donors (Lipinski definition) is 0. The number of carbonyl (C=O) groups is 1. The summed E-state index contributed by atoms with van der Waals surface area (Å²) in [5, 5.41) is 9.16. The van der Waals surface area contributed by atoms with Gasteiger partial charge < -0.3 is 4.74 Å². The minimum Gasteiger partial charge on any atom is -0.488 e. The van der Waals surface area contributed by atoms with Crippen LogP contribution in [0.25, 0.3) is 6.08 Å². The van der Waals surface area contributed by atoms with E-state index in [0.717, 1.165) is 21.2 Å². The van der Waals surface area contributed by atoms with Crippen molar-refractivity contribution in [2.24, 2.45) is 0 Å². The van der Waals surface area contributed by atoms with Gasteiger partial charge in [-0.25, -0.2) is 0 Å². The number of rotatable bonds is 6. The monoisotopic (exact) mass is 431 g/mol. The molecule has 0 aliphatic carbocycles. The number of allylic oxidation sites excluding steroid dienone is 1. The van der Waals surface area contributed by atoms with Crippen molar-refractivity contribution in [1.29, 1.82) is 5.26 Å². The highest BCUT2D eigenvalue weighted by atomic mass is 79.9. The second-order valence-electron chi connectivity index (χ2n) is 6.31. The van der Waals surface area contributed by atoms with Gasteiger partial charge in [0.05, 0.1) is 16.1 Å². The summed E-state index contributed by atoms with van der Waals surface area (Å²) in [6.07, 6.45) is 3.35. The number of nitriles is 1. The minimum atomic E-state index is -0.0374. The van der Waals surface area contributed by atoms with Crippen LogP contribution in [0.15, 0.2) is 77.3 Å². The van der Waals surface area contributed by atoms with Crippen LogP contribution in [0.2, 0.25) is 0 Å². The van der Waals surface area contributed by atoms with E-state index in [1.807, 2.05) is 67.6 Å². The molecule has 0 saturated carbocycles. The second kappa shape index (κ2) is 9.16. The van der Waals surface area contributed by atoms with Crippen LogP contribution < -0.4 is 4.74 Å². The zero-order valence-corrected chi connectivity index (χ0v) is 16.9. The van der Waals surface area contributed by atoms with Gasteiger partial charge in [-0.3, -0.25) is 4.79 Å². The lowest BCUT2D eigenvalue weighted by atomic mass is 10.1. The molecule has 0 fully saturated rings. The summed E-state index contributed by atoms with van der Waals surface area (Å²) < 4.78 is 6.62. The first-order valence-electron chi connectivity index (χ1n) is 8.76. The number of hydrogen-bond acceptors (Lipinski definition) is 3. The van der Waals surface area contributed by atoms with Crippen molar-refractivity contribution in [3.8, 4) is 11.8 Å². The van der Waals surface area contributed by atoms with Crippen molar-refractivity contribution in [2.75, 3.05) is 0 Å². The summed E-state index contributed by atoms with van der Waals surface area (Å²) >= 11 is 3.51. The molecule has 0 bridgehead atoms. The third-order valence-corrected chi connectivity index (χ3v) is 4.86. The van der Waals surface area contributed by atoms with Crippen LogP contribution in [0.1, 0.15) is 32.6 Å². The van der Waals surface area contributed by atoms with Crippen molar-refractivity contribution < 1.29 is 9.53 Å². The molecule has 4 heteroatoms. The number of carbonyl (C=O) groups excluding carboxylic acids is 1. The van der Waals surface area contributed by atoms with Crippen molar-refractivity contribution in [2.45, 2.75) is 13.5 Å². The smallest absolute Gasteiger partial charge is 0.185 e. The van der Waals surface area contributed by atoms with Crippen LogP contribution >= 0.6 is 15.9 Å². The maximum absolute atomic E-state index is 12.3. The maximum atomic E-state index is 12.3. The molecular formula is C24H18BrNO2. The third kappa shape index (κ3) is 4.97. The Balaban J connectivity index is 1.67. The lowest BCUT2D eigenvalue weighted by molar-refractivity contribution is 0.104. The Kier molecular flexibility index (Phi) is 6.41. The minimum absolute atomic E-state index is 0.0374. The molecule has 0 spiro atoms. The number of aryl methyl sites for hydroxylation is 1. The van der Waals surface area contributed by atoms with Crippen LogP contribution in [0.4, 0.5) is 0 Å². The fourth-order valence-electron chi connectivity index (χ4n) is 2.63. The molecule has 0 unspecified atom stereocenters. The van der Waals surface area contributed by atoms with E-state index in [1.54, 1.807) is 18.2 Å². The average molecular weight is 432 g/mol. The molecule has 0 N–H and O–H groups in total. The van der Waals surface area contributed by atoms with Gasteiger partial charge in [0.1, 0.15) is 12.4 Å². The zero-order chi connectivity index (χ0) is 19.9. The van der Waals surface area contributed by atoms with Gasteiger partial charge in [-0.15, -0.1) is 0 Å².